The number of rotatable bonds is 2. The van der Waals surface area contributed by atoms with Crippen molar-refractivity contribution in [3.8, 4) is 0 Å². The lowest BCUT2D eigenvalue weighted by atomic mass is 10.2. The molecule has 0 saturated carbocycles. The number of carbonyl (C=O) groups is 1. The van der Waals surface area contributed by atoms with Gasteiger partial charge in [0.15, 0.2) is 5.82 Å². The third kappa shape index (κ3) is 2.98. The number of nitrogens with one attached hydrogen (secondary N) is 1. The fraction of sp³-hybridized carbons (Fsp3) is 0.450. The number of fused-ring (bicyclic) bond motifs is 2. The van der Waals surface area contributed by atoms with E-state index in [1.807, 2.05) is 29.2 Å². The summed E-state index contributed by atoms with van der Waals surface area (Å²) in [5.74, 6) is 2.10. The number of aromatic amines is 1. The lowest BCUT2D eigenvalue weighted by molar-refractivity contribution is 0.0722. The lowest BCUT2D eigenvalue weighted by Crippen LogP contribution is -2.32. The number of aryl methyl sites for hydroxylation is 1. The zero-order chi connectivity index (χ0) is 18.4. The van der Waals surface area contributed by atoms with E-state index in [9.17, 15) is 4.79 Å². The second-order valence-corrected chi connectivity index (χ2v) is 8.42. The number of nitrogens with zero attached hydrogens (tertiary/aromatic N) is 4. The molecule has 1 unspecified atom stereocenters. The SMILES string of the molecule is O=C(c1cc2cc(Br)ccc2[nH]1)N1CCCC1c1nnc2n1CCCCC2. The number of aromatic nitrogens is 4. The molecule has 5 rings (SSSR count). The van der Waals surface area contributed by atoms with Crippen LogP contribution in [-0.2, 0) is 13.0 Å². The van der Waals surface area contributed by atoms with Gasteiger partial charge in [0.25, 0.3) is 5.91 Å². The zero-order valence-electron chi connectivity index (χ0n) is 15.1. The van der Waals surface area contributed by atoms with Crippen LogP contribution in [-0.4, -0.2) is 37.1 Å². The van der Waals surface area contributed by atoms with Crippen LogP contribution in [0.1, 0.15) is 60.3 Å². The average Bonchev–Trinajstić information content (AvgIpc) is 3.35. The first-order chi connectivity index (χ1) is 13.2. The first-order valence-corrected chi connectivity index (χ1v) is 10.5. The molecule has 1 aromatic carbocycles. The van der Waals surface area contributed by atoms with Crippen molar-refractivity contribution in [2.45, 2.75) is 51.1 Å². The number of hydrogen-bond acceptors (Lipinski definition) is 3. The fourth-order valence-electron chi connectivity index (χ4n) is 4.41. The minimum Gasteiger partial charge on any atom is -0.351 e. The Morgan fingerprint density at radius 3 is 2.96 bits per heavy atom. The first-order valence-electron chi connectivity index (χ1n) is 9.72. The van der Waals surface area contributed by atoms with Gasteiger partial charge in [-0.25, -0.2) is 0 Å². The van der Waals surface area contributed by atoms with Crippen molar-refractivity contribution in [1.29, 1.82) is 0 Å². The van der Waals surface area contributed by atoms with Crippen molar-refractivity contribution in [2.24, 2.45) is 0 Å². The predicted molar refractivity (Wildman–Crippen MR) is 107 cm³/mol. The lowest BCUT2D eigenvalue weighted by Gasteiger charge is -2.24. The van der Waals surface area contributed by atoms with E-state index in [0.717, 1.165) is 65.8 Å². The largest absolute Gasteiger partial charge is 0.351 e. The third-order valence-corrected chi connectivity index (χ3v) is 6.26. The molecule has 0 bridgehead atoms. The number of hydrogen-bond donors (Lipinski definition) is 1. The molecule has 0 aliphatic carbocycles. The van der Waals surface area contributed by atoms with Crippen molar-refractivity contribution in [3.63, 3.8) is 0 Å². The predicted octanol–water partition coefficient (Wildman–Crippen LogP) is 4.23. The molecule has 1 N–H and O–H groups in total. The minimum atomic E-state index is 0.0231. The van der Waals surface area contributed by atoms with Gasteiger partial charge in [-0.3, -0.25) is 4.79 Å². The molecule has 2 aliphatic heterocycles. The fourth-order valence-corrected chi connectivity index (χ4v) is 4.78. The van der Waals surface area contributed by atoms with E-state index in [4.69, 9.17) is 0 Å². The van der Waals surface area contributed by atoms with Crippen molar-refractivity contribution in [2.75, 3.05) is 6.54 Å². The highest BCUT2D eigenvalue weighted by Crippen LogP contribution is 2.34. The van der Waals surface area contributed by atoms with Crippen LogP contribution in [0.25, 0.3) is 10.9 Å². The van der Waals surface area contributed by atoms with Crippen LogP contribution in [0.2, 0.25) is 0 Å². The molecule has 0 radical (unpaired) electrons. The van der Waals surface area contributed by atoms with Gasteiger partial charge in [-0.15, -0.1) is 10.2 Å². The van der Waals surface area contributed by atoms with Gasteiger partial charge in [0.1, 0.15) is 11.5 Å². The summed E-state index contributed by atoms with van der Waals surface area (Å²) < 4.78 is 3.28. The number of halogens is 1. The molecule has 7 heteroatoms. The third-order valence-electron chi connectivity index (χ3n) is 5.76. The normalized spacial score (nSPS) is 20.0. The van der Waals surface area contributed by atoms with Crippen LogP contribution in [0.3, 0.4) is 0 Å². The molecular formula is C20H22BrN5O. The van der Waals surface area contributed by atoms with Crippen molar-refractivity contribution < 1.29 is 4.79 Å². The van der Waals surface area contributed by atoms with E-state index < -0.39 is 0 Å². The standard InChI is InChI=1S/C20H22BrN5O/c21-14-7-8-15-13(11-14)12-16(22-15)20(27)25-10-4-5-17(25)19-24-23-18-6-2-1-3-9-26(18)19/h7-8,11-12,17,22H,1-6,9-10H2. The molecule has 1 saturated heterocycles. The van der Waals surface area contributed by atoms with Gasteiger partial charge in [-0.1, -0.05) is 22.4 Å². The van der Waals surface area contributed by atoms with Crippen LogP contribution < -0.4 is 0 Å². The molecule has 1 fully saturated rings. The second-order valence-electron chi connectivity index (χ2n) is 7.51. The Labute approximate surface area is 166 Å². The van der Waals surface area contributed by atoms with E-state index in [1.165, 1.54) is 12.8 Å². The quantitative estimate of drug-likeness (QED) is 0.665. The van der Waals surface area contributed by atoms with E-state index in [-0.39, 0.29) is 11.9 Å². The molecule has 3 aromatic rings. The molecule has 2 aliphatic rings. The molecule has 2 aromatic heterocycles. The Kier molecular flexibility index (Phi) is 4.27. The van der Waals surface area contributed by atoms with Crippen LogP contribution in [0, 0.1) is 0 Å². The molecule has 4 heterocycles. The van der Waals surface area contributed by atoms with E-state index in [0.29, 0.717) is 5.69 Å². The van der Waals surface area contributed by atoms with Gasteiger partial charge >= 0.3 is 0 Å². The number of carbonyl (C=O) groups excluding carboxylic acids is 1. The summed E-state index contributed by atoms with van der Waals surface area (Å²) in [4.78, 5) is 18.5. The number of benzene rings is 1. The van der Waals surface area contributed by atoms with Crippen molar-refractivity contribution in [3.05, 3.63) is 46.1 Å². The summed E-state index contributed by atoms with van der Waals surface area (Å²) in [5, 5.41) is 9.98. The summed E-state index contributed by atoms with van der Waals surface area (Å²) in [6, 6.07) is 7.98. The molecule has 140 valence electrons. The number of amides is 1. The van der Waals surface area contributed by atoms with Crippen LogP contribution in [0.15, 0.2) is 28.7 Å². The number of likely N-dealkylation sites (tertiary alicyclic amines) is 1. The van der Waals surface area contributed by atoms with Gasteiger partial charge in [-0.05, 0) is 49.9 Å². The van der Waals surface area contributed by atoms with Crippen molar-refractivity contribution >= 4 is 32.7 Å². The first kappa shape index (κ1) is 17.0. The molecule has 0 spiro atoms. The molecule has 1 amide bonds. The summed E-state index contributed by atoms with van der Waals surface area (Å²) in [5.41, 5.74) is 1.62. The van der Waals surface area contributed by atoms with Crippen LogP contribution >= 0.6 is 15.9 Å². The average molecular weight is 428 g/mol. The zero-order valence-corrected chi connectivity index (χ0v) is 16.7. The molecule has 1 atom stereocenters. The van der Waals surface area contributed by atoms with Gasteiger partial charge < -0.3 is 14.5 Å². The van der Waals surface area contributed by atoms with E-state index >= 15 is 0 Å². The maximum Gasteiger partial charge on any atom is 0.270 e. The molecular weight excluding hydrogens is 406 g/mol. The minimum absolute atomic E-state index is 0.0231. The Bertz CT molecular complexity index is 1010. The highest BCUT2D eigenvalue weighted by molar-refractivity contribution is 9.10. The van der Waals surface area contributed by atoms with Crippen LogP contribution in [0.4, 0.5) is 0 Å². The van der Waals surface area contributed by atoms with Crippen molar-refractivity contribution in [1.82, 2.24) is 24.6 Å². The van der Waals surface area contributed by atoms with Crippen LogP contribution in [0.5, 0.6) is 0 Å². The summed E-state index contributed by atoms with van der Waals surface area (Å²) >= 11 is 3.49. The van der Waals surface area contributed by atoms with Gasteiger partial charge in [-0.2, -0.15) is 0 Å². The summed E-state index contributed by atoms with van der Waals surface area (Å²) in [6.45, 7) is 1.74. The maximum atomic E-state index is 13.3. The molecule has 27 heavy (non-hydrogen) atoms. The van der Waals surface area contributed by atoms with E-state index in [1.54, 1.807) is 0 Å². The van der Waals surface area contributed by atoms with Gasteiger partial charge in [0.05, 0.1) is 6.04 Å². The number of H-pyrrole nitrogens is 1. The Hall–Kier alpha value is -2.15. The highest BCUT2D eigenvalue weighted by Gasteiger charge is 2.35. The smallest absolute Gasteiger partial charge is 0.270 e. The summed E-state index contributed by atoms with van der Waals surface area (Å²) in [7, 11) is 0. The Morgan fingerprint density at radius 1 is 1.11 bits per heavy atom. The Balaban J connectivity index is 1.47. The topological polar surface area (TPSA) is 66.8 Å². The monoisotopic (exact) mass is 427 g/mol. The molecule has 6 nitrogen and oxygen atoms in total. The summed E-state index contributed by atoms with van der Waals surface area (Å²) in [6.07, 6.45) is 6.52. The maximum absolute atomic E-state index is 13.3. The van der Waals surface area contributed by atoms with Gasteiger partial charge in [0, 0.05) is 34.9 Å². The highest BCUT2D eigenvalue weighted by atomic mass is 79.9. The van der Waals surface area contributed by atoms with E-state index in [2.05, 4.69) is 35.7 Å². The Morgan fingerprint density at radius 2 is 2.04 bits per heavy atom. The second kappa shape index (κ2) is 6.78. The van der Waals surface area contributed by atoms with Gasteiger partial charge in [0.2, 0.25) is 0 Å².